The first-order valence-electron chi connectivity index (χ1n) is 20.0. The van der Waals surface area contributed by atoms with Crippen LogP contribution in [0.4, 0.5) is 8.78 Å². The second-order valence-corrected chi connectivity index (χ2v) is 16.9. The maximum atomic E-state index is 14.4. The second kappa shape index (κ2) is 16.9. The third-order valence-corrected chi connectivity index (χ3v) is 13.0. The first kappa shape index (κ1) is 41.7. The van der Waals surface area contributed by atoms with Crippen LogP contribution in [-0.4, -0.2) is 119 Å². The van der Waals surface area contributed by atoms with Crippen LogP contribution in [0.15, 0.2) is 30.4 Å². The molecular weight excluding hydrogens is 742 g/mol. The van der Waals surface area contributed by atoms with Crippen molar-refractivity contribution in [1.82, 2.24) is 30.7 Å². The first-order valence-corrected chi connectivity index (χ1v) is 20.0. The molecule has 6 amide bonds. The summed E-state index contributed by atoms with van der Waals surface area (Å²) in [5.74, 6) is -5.38. The largest absolute Gasteiger partial charge is 0.461 e. The fourth-order valence-electron chi connectivity index (χ4n) is 9.61. The van der Waals surface area contributed by atoms with E-state index in [2.05, 4.69) is 29.8 Å². The molecule has 0 radical (unpaired) electrons. The number of ether oxygens (including phenoxy) is 1. The van der Waals surface area contributed by atoms with Crippen molar-refractivity contribution < 1.29 is 47.1 Å². The van der Waals surface area contributed by atoms with E-state index in [4.69, 9.17) is 4.74 Å². The van der Waals surface area contributed by atoms with E-state index in [0.717, 1.165) is 31.4 Å². The van der Waals surface area contributed by atoms with Crippen molar-refractivity contribution in [3.63, 3.8) is 0 Å². The molecule has 3 aliphatic heterocycles. The SMILES string of the molecule is C[C@@H]1NC(=O)[C@H](C)N(C)C(=O)[C@@H]2CCCN2C(=O)[C@@H](NC(=O)[C@H](Cc2cc(F)cc(F)c2)NC(=O)C=CC2C3CCC(C3)C2(C)C)COC(=O)[C@@H]2CCCN2C1=O. The minimum Gasteiger partial charge on any atom is -0.461 e. The van der Waals surface area contributed by atoms with Gasteiger partial charge in [0.15, 0.2) is 0 Å². The highest BCUT2D eigenvalue weighted by atomic mass is 19.1. The zero-order valence-electron chi connectivity index (χ0n) is 33.2. The van der Waals surface area contributed by atoms with Crippen molar-refractivity contribution in [3.8, 4) is 0 Å². The summed E-state index contributed by atoms with van der Waals surface area (Å²) in [6.45, 7) is 7.04. The fourth-order valence-corrected chi connectivity index (χ4v) is 9.61. The molecule has 3 N–H and O–H groups in total. The van der Waals surface area contributed by atoms with Gasteiger partial charge in [-0.05, 0) is 106 Å². The molecule has 2 saturated carbocycles. The molecule has 2 bridgehead atoms. The monoisotopic (exact) mass is 796 g/mol. The lowest BCUT2D eigenvalue weighted by molar-refractivity contribution is -0.158. The van der Waals surface area contributed by atoms with E-state index in [1.807, 2.05) is 6.08 Å². The minimum absolute atomic E-state index is 0.00725. The molecular formula is C41H54F2N6O8. The van der Waals surface area contributed by atoms with Gasteiger partial charge >= 0.3 is 5.97 Å². The molecule has 310 valence electrons. The smallest absolute Gasteiger partial charge is 0.328 e. The predicted octanol–water partition coefficient (Wildman–Crippen LogP) is 2.00. The van der Waals surface area contributed by atoms with Crippen LogP contribution < -0.4 is 16.0 Å². The van der Waals surface area contributed by atoms with E-state index in [1.54, 1.807) is 0 Å². The third kappa shape index (κ3) is 8.84. The van der Waals surface area contributed by atoms with E-state index in [1.165, 1.54) is 41.7 Å². The van der Waals surface area contributed by atoms with Gasteiger partial charge in [-0.1, -0.05) is 19.9 Å². The summed E-state index contributed by atoms with van der Waals surface area (Å²) in [4.78, 5) is 99.8. The van der Waals surface area contributed by atoms with Crippen LogP contribution in [0.3, 0.4) is 0 Å². The molecule has 3 heterocycles. The van der Waals surface area contributed by atoms with Gasteiger partial charge < -0.3 is 35.4 Å². The second-order valence-electron chi connectivity index (χ2n) is 16.9. The summed E-state index contributed by atoms with van der Waals surface area (Å²) in [5.41, 5.74) is 0.0562. The summed E-state index contributed by atoms with van der Waals surface area (Å²) in [7, 11) is 1.43. The number of nitrogens with zero attached hydrogens (tertiary/aromatic N) is 3. The van der Waals surface area contributed by atoms with E-state index in [9.17, 15) is 42.3 Å². The molecule has 0 spiro atoms. The number of allylic oxidation sites excluding steroid dienone is 1. The quantitative estimate of drug-likeness (QED) is 0.278. The Morgan fingerprint density at radius 3 is 2.23 bits per heavy atom. The highest BCUT2D eigenvalue weighted by molar-refractivity contribution is 5.98. The molecule has 5 fully saturated rings. The molecule has 16 heteroatoms. The molecule has 57 heavy (non-hydrogen) atoms. The number of esters is 1. The number of likely N-dealkylation sites (N-methyl/N-ethyl adjacent to an activating group) is 1. The van der Waals surface area contributed by atoms with Gasteiger partial charge in [0.1, 0.15) is 54.5 Å². The van der Waals surface area contributed by atoms with Gasteiger partial charge in [0.05, 0.1) is 0 Å². The van der Waals surface area contributed by atoms with Gasteiger partial charge in [-0.3, -0.25) is 28.8 Å². The number of rotatable bonds is 7. The first-order chi connectivity index (χ1) is 27.0. The van der Waals surface area contributed by atoms with E-state index in [0.29, 0.717) is 30.7 Å². The van der Waals surface area contributed by atoms with Crippen LogP contribution in [0.1, 0.15) is 78.2 Å². The topological polar surface area (TPSA) is 175 Å². The highest BCUT2D eigenvalue weighted by Crippen LogP contribution is 2.59. The Hall–Kier alpha value is -4.89. The molecule has 2 aliphatic carbocycles. The van der Waals surface area contributed by atoms with Gasteiger partial charge in [-0.15, -0.1) is 0 Å². The molecule has 3 saturated heterocycles. The molecule has 1 aromatic carbocycles. The molecule has 3 unspecified atom stereocenters. The third-order valence-electron chi connectivity index (χ3n) is 13.0. The Balaban J connectivity index is 1.28. The lowest BCUT2D eigenvalue weighted by atomic mass is 9.68. The van der Waals surface area contributed by atoms with E-state index < -0.39 is 95.9 Å². The fraction of sp³-hybridized carbons (Fsp3) is 0.634. The van der Waals surface area contributed by atoms with Crippen molar-refractivity contribution in [2.75, 3.05) is 26.7 Å². The molecule has 0 aromatic heterocycles. The average Bonchev–Trinajstić information content (AvgIpc) is 3.98. The Kier molecular flexibility index (Phi) is 12.4. The Bertz CT molecular complexity index is 1800. The van der Waals surface area contributed by atoms with Gasteiger partial charge in [0, 0.05) is 32.6 Å². The number of hydrogen-bond donors (Lipinski definition) is 3. The predicted molar refractivity (Wildman–Crippen MR) is 201 cm³/mol. The summed E-state index contributed by atoms with van der Waals surface area (Å²) < 4.78 is 34.3. The van der Waals surface area contributed by atoms with Crippen molar-refractivity contribution >= 4 is 41.4 Å². The number of amides is 6. The summed E-state index contributed by atoms with van der Waals surface area (Å²) in [5, 5.41) is 7.90. The van der Waals surface area contributed by atoms with Crippen LogP contribution in [0.5, 0.6) is 0 Å². The lowest BCUT2D eigenvalue weighted by Crippen LogP contribution is -2.60. The van der Waals surface area contributed by atoms with Crippen LogP contribution in [0.2, 0.25) is 0 Å². The number of nitrogens with one attached hydrogen (secondary N) is 3. The molecule has 14 nitrogen and oxygen atoms in total. The Morgan fingerprint density at radius 1 is 0.930 bits per heavy atom. The Labute approximate surface area is 331 Å². The average molecular weight is 797 g/mol. The van der Waals surface area contributed by atoms with Crippen LogP contribution in [0.25, 0.3) is 0 Å². The lowest BCUT2D eigenvalue weighted by Gasteiger charge is -2.36. The zero-order chi connectivity index (χ0) is 41.3. The van der Waals surface area contributed by atoms with E-state index >= 15 is 0 Å². The number of fused-ring (bicyclic) bond motifs is 4. The van der Waals surface area contributed by atoms with Crippen molar-refractivity contribution in [2.45, 2.75) is 115 Å². The van der Waals surface area contributed by atoms with Crippen molar-refractivity contribution in [1.29, 1.82) is 0 Å². The minimum atomic E-state index is -1.56. The van der Waals surface area contributed by atoms with Crippen LogP contribution >= 0.6 is 0 Å². The zero-order valence-corrected chi connectivity index (χ0v) is 33.2. The van der Waals surface area contributed by atoms with Crippen LogP contribution in [0, 0.1) is 34.8 Å². The normalized spacial score (nSPS) is 31.3. The number of halogens is 2. The number of cyclic esters (lactones) is 1. The highest BCUT2D eigenvalue weighted by Gasteiger charge is 2.51. The number of carbonyl (C=O) groups excluding carboxylic acids is 7. The molecule has 5 aliphatic rings. The van der Waals surface area contributed by atoms with Gasteiger partial charge in [-0.25, -0.2) is 13.6 Å². The van der Waals surface area contributed by atoms with Crippen LogP contribution in [-0.2, 0) is 44.7 Å². The molecule has 1 aromatic rings. The summed E-state index contributed by atoms with van der Waals surface area (Å²) >= 11 is 0. The Morgan fingerprint density at radius 2 is 1.58 bits per heavy atom. The van der Waals surface area contributed by atoms with Crippen molar-refractivity contribution in [3.05, 3.63) is 47.5 Å². The van der Waals surface area contributed by atoms with E-state index in [-0.39, 0.29) is 49.2 Å². The van der Waals surface area contributed by atoms with Gasteiger partial charge in [-0.2, -0.15) is 0 Å². The molecule has 6 rings (SSSR count). The number of benzene rings is 1. The van der Waals surface area contributed by atoms with Gasteiger partial charge in [0.25, 0.3) is 0 Å². The van der Waals surface area contributed by atoms with Gasteiger partial charge in [0.2, 0.25) is 35.4 Å². The molecule has 9 atom stereocenters. The summed E-state index contributed by atoms with van der Waals surface area (Å²) in [6, 6.07) is -4.31. The maximum Gasteiger partial charge on any atom is 0.328 e. The number of hydrogen-bond acceptors (Lipinski definition) is 8. The standard InChI is InChI=1S/C41H54F2N6O8/c1-22-37(53)49-15-7-9-33(49)40(56)57-21-31(38(54)48-14-6-8-32(48)39(55)47(5)23(2)35(51)44-22)46-36(52)30(18-24-16-27(42)20-28(43)17-24)45-34(50)13-12-29-25-10-11-26(19-25)41(29,3)4/h12-13,16-17,20,22-23,25-26,29-33H,6-11,14-15,18-19,21H2,1-5H3,(H,44,51)(H,45,50)(H,46,52)/t22-,23-,25?,26?,29?,30-,31-,32-,33-/m0/s1. The van der Waals surface area contributed by atoms with Crippen molar-refractivity contribution in [2.24, 2.45) is 23.2 Å². The number of carbonyl (C=O) groups is 7. The summed E-state index contributed by atoms with van der Waals surface area (Å²) in [6.07, 6.45) is 7.62. The maximum absolute atomic E-state index is 14.4.